The van der Waals surface area contributed by atoms with Crippen molar-refractivity contribution in [2.75, 3.05) is 26.8 Å². The molecule has 0 spiro atoms. The van der Waals surface area contributed by atoms with Gasteiger partial charge in [-0.3, -0.25) is 4.79 Å². The number of nitrogens with zero attached hydrogens (tertiary/aromatic N) is 1. The summed E-state index contributed by atoms with van der Waals surface area (Å²) in [4.78, 5) is 13.9. The summed E-state index contributed by atoms with van der Waals surface area (Å²) in [6.45, 7) is 2.42. The fraction of sp³-hybridized carbons (Fsp3) is 0.588. The molecule has 1 aromatic carbocycles. The molecule has 25 heavy (non-hydrogen) atoms. The highest BCUT2D eigenvalue weighted by molar-refractivity contribution is 5.78. The molecule has 0 saturated carbocycles. The Labute approximate surface area is 145 Å². The number of likely N-dealkylation sites (tertiary alicyclic amines) is 1. The van der Waals surface area contributed by atoms with Crippen LogP contribution in [0.2, 0.25) is 0 Å². The summed E-state index contributed by atoms with van der Waals surface area (Å²) in [5, 5.41) is 3.24. The Kier molecular flexibility index (Phi) is 7.07. The highest BCUT2D eigenvalue weighted by atomic mass is 19.4. The monoisotopic (exact) mass is 360 g/mol. The number of ether oxygens (including phenoxy) is 2. The molecule has 2 rings (SSSR count). The summed E-state index contributed by atoms with van der Waals surface area (Å²) < 4.78 is 45.9. The molecule has 5 nitrogen and oxygen atoms in total. The fourth-order valence-electron chi connectivity index (χ4n) is 2.92. The van der Waals surface area contributed by atoms with Crippen LogP contribution in [0.1, 0.15) is 24.8 Å². The molecule has 1 heterocycles. The Balaban J connectivity index is 1.92. The van der Waals surface area contributed by atoms with E-state index >= 15 is 0 Å². The summed E-state index contributed by atoms with van der Waals surface area (Å²) in [5.74, 6) is -0.238. The van der Waals surface area contributed by atoms with Crippen LogP contribution in [0.15, 0.2) is 24.3 Å². The zero-order valence-corrected chi connectivity index (χ0v) is 14.1. The smallest absolute Gasteiger partial charge is 0.406 e. The quantitative estimate of drug-likeness (QED) is 0.688. The molecule has 1 fully saturated rings. The third kappa shape index (κ3) is 6.55. The van der Waals surface area contributed by atoms with Gasteiger partial charge in [-0.1, -0.05) is 12.1 Å². The molecule has 1 N–H and O–H groups in total. The van der Waals surface area contributed by atoms with E-state index in [2.05, 4.69) is 10.1 Å². The Bertz CT molecular complexity index is 566. The van der Waals surface area contributed by atoms with Gasteiger partial charge in [-0.2, -0.15) is 0 Å². The number of hydrogen-bond donors (Lipinski definition) is 1. The maximum atomic E-state index is 12.3. The summed E-state index contributed by atoms with van der Waals surface area (Å²) in [5.41, 5.74) is 0.620. The first-order chi connectivity index (χ1) is 11.9. The van der Waals surface area contributed by atoms with Crippen molar-refractivity contribution in [2.45, 2.75) is 38.2 Å². The molecular weight excluding hydrogens is 337 g/mol. The predicted molar refractivity (Wildman–Crippen MR) is 86.1 cm³/mol. The number of carbonyl (C=O) groups is 1. The van der Waals surface area contributed by atoms with Crippen LogP contribution in [-0.2, 0) is 16.1 Å². The van der Waals surface area contributed by atoms with Crippen LogP contribution < -0.4 is 10.1 Å². The average molecular weight is 360 g/mol. The number of rotatable bonds is 9. The van der Waals surface area contributed by atoms with Crippen LogP contribution in [0, 0.1) is 0 Å². The first kappa shape index (κ1) is 19.5. The number of hydrogen-bond acceptors (Lipinski definition) is 4. The molecule has 0 radical (unpaired) electrons. The molecular formula is C17H23F3N2O3. The number of nitrogens with one attached hydrogen (secondary N) is 1. The third-order valence-corrected chi connectivity index (χ3v) is 4.07. The highest BCUT2D eigenvalue weighted by Crippen LogP contribution is 2.27. The molecule has 1 amide bonds. The second-order valence-electron chi connectivity index (χ2n) is 5.94. The van der Waals surface area contributed by atoms with E-state index < -0.39 is 6.36 Å². The van der Waals surface area contributed by atoms with E-state index in [0.29, 0.717) is 18.6 Å². The Morgan fingerprint density at radius 3 is 2.84 bits per heavy atom. The lowest BCUT2D eigenvalue weighted by molar-refractivity contribution is -0.274. The van der Waals surface area contributed by atoms with Gasteiger partial charge in [0, 0.05) is 32.7 Å². The van der Waals surface area contributed by atoms with Crippen LogP contribution in [0.25, 0.3) is 0 Å². The van der Waals surface area contributed by atoms with Crippen LogP contribution >= 0.6 is 0 Å². The zero-order valence-electron chi connectivity index (χ0n) is 14.1. The van der Waals surface area contributed by atoms with Crippen molar-refractivity contribution >= 4 is 5.91 Å². The van der Waals surface area contributed by atoms with Gasteiger partial charge in [-0.15, -0.1) is 13.2 Å². The molecule has 0 unspecified atom stereocenters. The van der Waals surface area contributed by atoms with Gasteiger partial charge < -0.3 is 19.7 Å². The Morgan fingerprint density at radius 2 is 2.12 bits per heavy atom. The van der Waals surface area contributed by atoms with Gasteiger partial charge >= 0.3 is 6.36 Å². The standard InChI is InChI=1S/C17H23F3N2O3/c1-24-10-9-21-8-7-14-5-6-16(23)22(14)12-13-3-2-4-15(11-13)25-17(18,19)20/h2-4,11,14,21H,5-10,12H2,1H3/t14-/m0/s1. The van der Waals surface area contributed by atoms with Crippen LogP contribution in [0.4, 0.5) is 13.2 Å². The summed E-state index contributed by atoms with van der Waals surface area (Å²) in [6.07, 6.45) is -2.68. The van der Waals surface area contributed by atoms with E-state index in [1.807, 2.05) is 0 Å². The second kappa shape index (κ2) is 9.05. The van der Waals surface area contributed by atoms with Gasteiger partial charge in [0.1, 0.15) is 5.75 Å². The van der Waals surface area contributed by atoms with Crippen molar-refractivity contribution in [3.63, 3.8) is 0 Å². The largest absolute Gasteiger partial charge is 0.573 e. The summed E-state index contributed by atoms with van der Waals surface area (Å²) >= 11 is 0. The highest BCUT2D eigenvalue weighted by Gasteiger charge is 2.32. The van der Waals surface area contributed by atoms with Gasteiger partial charge in [-0.05, 0) is 37.1 Å². The number of amides is 1. The van der Waals surface area contributed by atoms with Crippen LogP contribution in [0.5, 0.6) is 5.75 Å². The number of alkyl halides is 3. The lowest BCUT2D eigenvalue weighted by atomic mass is 10.1. The normalized spacial score (nSPS) is 18.0. The van der Waals surface area contributed by atoms with Crippen molar-refractivity contribution in [3.05, 3.63) is 29.8 Å². The van der Waals surface area contributed by atoms with Crippen molar-refractivity contribution < 1.29 is 27.4 Å². The lowest BCUT2D eigenvalue weighted by Gasteiger charge is -2.25. The summed E-state index contributed by atoms with van der Waals surface area (Å²) in [6, 6.07) is 5.86. The first-order valence-corrected chi connectivity index (χ1v) is 8.23. The van der Waals surface area contributed by atoms with Gasteiger partial charge in [-0.25, -0.2) is 0 Å². The van der Waals surface area contributed by atoms with E-state index in [1.54, 1.807) is 18.1 Å². The van der Waals surface area contributed by atoms with Crippen molar-refractivity contribution in [3.8, 4) is 5.75 Å². The van der Waals surface area contributed by atoms with Crippen molar-refractivity contribution in [2.24, 2.45) is 0 Å². The topological polar surface area (TPSA) is 50.8 Å². The number of carbonyl (C=O) groups excluding carboxylic acids is 1. The van der Waals surface area contributed by atoms with Crippen molar-refractivity contribution in [1.82, 2.24) is 10.2 Å². The molecule has 0 aliphatic carbocycles. The maximum Gasteiger partial charge on any atom is 0.573 e. The minimum Gasteiger partial charge on any atom is -0.406 e. The second-order valence-corrected chi connectivity index (χ2v) is 5.94. The first-order valence-electron chi connectivity index (χ1n) is 8.23. The summed E-state index contributed by atoms with van der Waals surface area (Å²) in [7, 11) is 1.63. The molecule has 1 saturated heterocycles. The van der Waals surface area contributed by atoms with E-state index in [1.165, 1.54) is 18.2 Å². The number of benzene rings is 1. The number of halogens is 3. The van der Waals surface area contributed by atoms with E-state index in [9.17, 15) is 18.0 Å². The van der Waals surface area contributed by atoms with Gasteiger partial charge in [0.25, 0.3) is 0 Å². The Morgan fingerprint density at radius 1 is 1.32 bits per heavy atom. The maximum absolute atomic E-state index is 12.3. The SMILES string of the molecule is COCCNCC[C@@H]1CCC(=O)N1Cc1cccc(OC(F)(F)F)c1. The minimum absolute atomic E-state index is 0.0315. The molecule has 1 aliphatic rings. The van der Waals surface area contributed by atoms with E-state index in [-0.39, 0.29) is 24.2 Å². The molecule has 8 heteroatoms. The third-order valence-electron chi connectivity index (χ3n) is 4.07. The lowest BCUT2D eigenvalue weighted by Crippen LogP contribution is -2.35. The molecule has 1 atom stereocenters. The fourth-order valence-corrected chi connectivity index (χ4v) is 2.92. The average Bonchev–Trinajstić information content (AvgIpc) is 2.87. The molecule has 140 valence electrons. The van der Waals surface area contributed by atoms with Gasteiger partial charge in [0.2, 0.25) is 5.91 Å². The van der Waals surface area contributed by atoms with Crippen molar-refractivity contribution in [1.29, 1.82) is 0 Å². The van der Waals surface area contributed by atoms with Crippen LogP contribution in [-0.4, -0.2) is 50.0 Å². The van der Waals surface area contributed by atoms with E-state index in [0.717, 1.165) is 25.9 Å². The molecule has 1 aromatic rings. The Hall–Kier alpha value is -1.80. The number of methoxy groups -OCH3 is 1. The molecule has 0 aromatic heterocycles. The van der Waals surface area contributed by atoms with Crippen LogP contribution in [0.3, 0.4) is 0 Å². The zero-order chi connectivity index (χ0) is 18.3. The van der Waals surface area contributed by atoms with Gasteiger partial charge in [0.15, 0.2) is 0 Å². The molecule has 1 aliphatic heterocycles. The minimum atomic E-state index is -4.72. The molecule has 0 bridgehead atoms. The van der Waals surface area contributed by atoms with Gasteiger partial charge in [0.05, 0.1) is 6.61 Å². The van der Waals surface area contributed by atoms with E-state index in [4.69, 9.17) is 4.74 Å². The predicted octanol–water partition coefficient (Wildman–Crippen LogP) is 2.70.